The van der Waals surface area contributed by atoms with Crippen molar-refractivity contribution in [1.29, 1.82) is 0 Å². The molecule has 7 heteroatoms. The Bertz CT molecular complexity index is 653. The predicted octanol–water partition coefficient (Wildman–Crippen LogP) is 1.37. The van der Waals surface area contributed by atoms with Crippen LogP contribution in [0.1, 0.15) is 18.4 Å². The number of nitrogens with zero attached hydrogens (tertiary/aromatic N) is 2. The van der Waals surface area contributed by atoms with Gasteiger partial charge in [-0.15, -0.1) is 0 Å². The SMILES string of the molecule is Nc1ccccc1CS(=O)(=O)NCCCCn1ccnc1. The number of sulfonamides is 1. The van der Waals surface area contributed by atoms with Crippen LogP contribution in [0.3, 0.4) is 0 Å². The molecule has 114 valence electrons. The first-order valence-electron chi connectivity index (χ1n) is 6.83. The Morgan fingerprint density at radius 1 is 1.24 bits per heavy atom. The van der Waals surface area contributed by atoms with Crippen LogP contribution >= 0.6 is 0 Å². The Labute approximate surface area is 125 Å². The average molecular weight is 308 g/mol. The minimum Gasteiger partial charge on any atom is -0.398 e. The molecule has 0 spiro atoms. The van der Waals surface area contributed by atoms with Crippen molar-refractivity contribution in [2.24, 2.45) is 0 Å². The molecule has 0 amide bonds. The first kappa shape index (κ1) is 15.5. The van der Waals surface area contributed by atoms with Crippen LogP contribution in [0.15, 0.2) is 43.0 Å². The fourth-order valence-corrected chi connectivity index (χ4v) is 3.22. The first-order chi connectivity index (χ1) is 10.1. The summed E-state index contributed by atoms with van der Waals surface area (Å²) < 4.78 is 28.5. The van der Waals surface area contributed by atoms with Crippen LogP contribution in [0.5, 0.6) is 0 Å². The summed E-state index contributed by atoms with van der Waals surface area (Å²) in [6, 6.07) is 7.00. The third kappa shape index (κ3) is 5.20. The Kier molecular flexibility index (Phi) is 5.35. The van der Waals surface area contributed by atoms with Gasteiger partial charge >= 0.3 is 0 Å². The fourth-order valence-electron chi connectivity index (χ4n) is 1.99. The molecule has 0 atom stereocenters. The molecule has 0 aliphatic heterocycles. The maximum atomic E-state index is 12.0. The number of hydrogen-bond acceptors (Lipinski definition) is 4. The van der Waals surface area contributed by atoms with Crippen LogP contribution in [0, 0.1) is 0 Å². The van der Waals surface area contributed by atoms with Gasteiger partial charge < -0.3 is 10.3 Å². The van der Waals surface area contributed by atoms with E-state index in [4.69, 9.17) is 5.73 Å². The molecule has 6 nitrogen and oxygen atoms in total. The molecule has 0 aliphatic carbocycles. The van der Waals surface area contributed by atoms with Crippen LogP contribution in [0.25, 0.3) is 0 Å². The highest BCUT2D eigenvalue weighted by atomic mass is 32.2. The third-order valence-corrected chi connectivity index (χ3v) is 4.46. The monoisotopic (exact) mass is 308 g/mol. The molecule has 0 bridgehead atoms. The molecule has 21 heavy (non-hydrogen) atoms. The van der Waals surface area contributed by atoms with Crippen LogP contribution < -0.4 is 10.5 Å². The summed E-state index contributed by atoms with van der Waals surface area (Å²) in [4.78, 5) is 3.96. The number of hydrogen-bond donors (Lipinski definition) is 2. The van der Waals surface area contributed by atoms with Gasteiger partial charge in [0, 0.05) is 31.2 Å². The number of para-hydroxylation sites is 1. The summed E-state index contributed by atoms with van der Waals surface area (Å²) >= 11 is 0. The summed E-state index contributed by atoms with van der Waals surface area (Å²) in [6.07, 6.45) is 7.05. The van der Waals surface area contributed by atoms with E-state index in [2.05, 4.69) is 9.71 Å². The summed E-state index contributed by atoms with van der Waals surface area (Å²) in [6.45, 7) is 1.27. The number of aryl methyl sites for hydroxylation is 1. The van der Waals surface area contributed by atoms with Crippen LogP contribution in [0.4, 0.5) is 5.69 Å². The standard InChI is InChI=1S/C14H20N4O2S/c15-14-6-2-1-5-13(14)11-21(19,20)17-7-3-4-9-18-10-8-16-12-18/h1-2,5-6,8,10,12,17H,3-4,7,9,11,15H2. The molecule has 2 aromatic rings. The van der Waals surface area contributed by atoms with Gasteiger partial charge in [-0.1, -0.05) is 18.2 Å². The van der Waals surface area contributed by atoms with E-state index in [1.54, 1.807) is 36.8 Å². The topological polar surface area (TPSA) is 90.0 Å². The van der Waals surface area contributed by atoms with Crippen molar-refractivity contribution in [3.05, 3.63) is 48.5 Å². The second-order valence-corrected chi connectivity index (χ2v) is 6.67. The second kappa shape index (κ2) is 7.24. The van der Waals surface area contributed by atoms with E-state index in [0.29, 0.717) is 17.8 Å². The van der Waals surface area contributed by atoms with E-state index >= 15 is 0 Å². The highest BCUT2D eigenvalue weighted by molar-refractivity contribution is 7.88. The summed E-state index contributed by atoms with van der Waals surface area (Å²) in [5.74, 6) is -0.0821. The first-order valence-corrected chi connectivity index (χ1v) is 8.48. The Morgan fingerprint density at radius 3 is 2.76 bits per heavy atom. The van der Waals surface area contributed by atoms with Gasteiger partial charge in [0.1, 0.15) is 0 Å². The third-order valence-electron chi connectivity index (χ3n) is 3.12. The van der Waals surface area contributed by atoms with Crippen molar-refractivity contribution in [2.45, 2.75) is 25.1 Å². The molecule has 1 aromatic heterocycles. The average Bonchev–Trinajstić information content (AvgIpc) is 2.94. The lowest BCUT2D eigenvalue weighted by atomic mass is 10.2. The zero-order chi connectivity index (χ0) is 15.1. The molecule has 0 fully saturated rings. The molecule has 0 unspecified atom stereocenters. The van der Waals surface area contributed by atoms with Gasteiger partial charge in [-0.05, 0) is 24.5 Å². The number of anilines is 1. The lowest BCUT2D eigenvalue weighted by Gasteiger charge is -2.08. The predicted molar refractivity (Wildman–Crippen MR) is 82.9 cm³/mol. The molecule has 2 rings (SSSR count). The molecule has 0 saturated heterocycles. The number of aromatic nitrogens is 2. The Balaban J connectivity index is 1.73. The molecule has 0 aliphatic rings. The number of nitrogens with one attached hydrogen (secondary N) is 1. The minimum absolute atomic E-state index is 0.0821. The van der Waals surface area contributed by atoms with Gasteiger partial charge in [-0.3, -0.25) is 0 Å². The highest BCUT2D eigenvalue weighted by Crippen LogP contribution is 2.13. The number of benzene rings is 1. The lowest BCUT2D eigenvalue weighted by Crippen LogP contribution is -2.26. The molecule has 0 radical (unpaired) electrons. The van der Waals surface area contributed by atoms with Crippen LogP contribution in [-0.4, -0.2) is 24.5 Å². The van der Waals surface area contributed by atoms with Gasteiger partial charge in [0.15, 0.2) is 0 Å². The van der Waals surface area contributed by atoms with Crippen molar-refractivity contribution in [3.63, 3.8) is 0 Å². The van der Waals surface area contributed by atoms with E-state index in [1.165, 1.54) is 0 Å². The van der Waals surface area contributed by atoms with E-state index in [0.717, 1.165) is 19.4 Å². The van der Waals surface area contributed by atoms with E-state index < -0.39 is 10.0 Å². The van der Waals surface area contributed by atoms with Crippen LogP contribution in [-0.2, 0) is 22.3 Å². The van der Waals surface area contributed by atoms with Crippen molar-refractivity contribution < 1.29 is 8.42 Å². The Morgan fingerprint density at radius 2 is 2.05 bits per heavy atom. The van der Waals surface area contributed by atoms with Gasteiger partial charge in [0.05, 0.1) is 12.1 Å². The van der Waals surface area contributed by atoms with Crippen molar-refractivity contribution in [2.75, 3.05) is 12.3 Å². The van der Waals surface area contributed by atoms with Gasteiger partial charge in [0.2, 0.25) is 10.0 Å². The smallest absolute Gasteiger partial charge is 0.215 e. The molecule has 1 heterocycles. The summed E-state index contributed by atoms with van der Waals surface area (Å²) in [7, 11) is -3.34. The van der Waals surface area contributed by atoms with E-state index in [1.807, 2.05) is 10.8 Å². The van der Waals surface area contributed by atoms with Gasteiger partial charge in [-0.25, -0.2) is 18.1 Å². The Hall–Kier alpha value is -1.86. The van der Waals surface area contributed by atoms with Gasteiger partial charge in [0.25, 0.3) is 0 Å². The molecule has 1 aromatic carbocycles. The number of imidazole rings is 1. The fraction of sp³-hybridized carbons (Fsp3) is 0.357. The van der Waals surface area contributed by atoms with Crippen molar-refractivity contribution in [1.82, 2.24) is 14.3 Å². The van der Waals surface area contributed by atoms with Crippen LogP contribution in [0.2, 0.25) is 0 Å². The molecule has 0 saturated carbocycles. The number of nitrogen functional groups attached to an aromatic ring is 1. The van der Waals surface area contributed by atoms with E-state index in [-0.39, 0.29) is 5.75 Å². The maximum absolute atomic E-state index is 12.0. The largest absolute Gasteiger partial charge is 0.398 e. The number of rotatable bonds is 8. The molecular formula is C14H20N4O2S. The second-order valence-electron chi connectivity index (χ2n) is 4.86. The van der Waals surface area contributed by atoms with Crippen molar-refractivity contribution >= 4 is 15.7 Å². The number of nitrogens with two attached hydrogens (primary N) is 1. The highest BCUT2D eigenvalue weighted by Gasteiger charge is 2.12. The lowest BCUT2D eigenvalue weighted by molar-refractivity contribution is 0.565. The zero-order valence-corrected chi connectivity index (χ0v) is 12.6. The quantitative estimate of drug-likeness (QED) is 0.569. The van der Waals surface area contributed by atoms with E-state index in [9.17, 15) is 8.42 Å². The summed E-state index contributed by atoms with van der Waals surface area (Å²) in [5, 5.41) is 0. The normalized spacial score (nSPS) is 11.6. The zero-order valence-electron chi connectivity index (χ0n) is 11.8. The van der Waals surface area contributed by atoms with Crippen molar-refractivity contribution in [3.8, 4) is 0 Å². The summed E-state index contributed by atoms with van der Waals surface area (Å²) in [5.41, 5.74) is 6.89. The minimum atomic E-state index is -3.34. The van der Waals surface area contributed by atoms with Gasteiger partial charge in [-0.2, -0.15) is 0 Å². The molecule has 3 N–H and O–H groups in total. The maximum Gasteiger partial charge on any atom is 0.215 e. The number of unbranched alkanes of at least 4 members (excludes halogenated alkanes) is 1. The molecular weight excluding hydrogens is 288 g/mol.